The van der Waals surface area contributed by atoms with Crippen LogP contribution in [0.3, 0.4) is 0 Å². The van der Waals surface area contributed by atoms with Crippen molar-refractivity contribution in [3.8, 4) is 0 Å². The summed E-state index contributed by atoms with van der Waals surface area (Å²) in [5.74, 6) is 0. The summed E-state index contributed by atoms with van der Waals surface area (Å²) in [5.41, 5.74) is 3.95. The fourth-order valence-electron chi connectivity index (χ4n) is 2.23. The Balaban J connectivity index is 4.07. The van der Waals surface area contributed by atoms with Crippen molar-refractivity contribution in [3.05, 3.63) is 36.9 Å². The van der Waals surface area contributed by atoms with E-state index in [0.717, 1.165) is 0 Å². The number of anilines is 1. The summed E-state index contributed by atoms with van der Waals surface area (Å²) in [5, 5.41) is 31.9. The molecule has 1 rings (SSSR count). The van der Waals surface area contributed by atoms with Crippen molar-refractivity contribution in [2.45, 2.75) is 39.7 Å². The van der Waals surface area contributed by atoms with Crippen LogP contribution in [0.2, 0.25) is 0 Å². The van der Waals surface area contributed by atoms with Crippen LogP contribution in [0, 0.1) is 27.2 Å². The Labute approximate surface area is 115 Å². The van der Waals surface area contributed by atoms with Gasteiger partial charge in [-0.2, -0.15) is 0 Å². The average molecular weight is 283 g/mol. The monoisotopic (exact) mass is 283 g/mol. The normalized spacial score (nSPS) is 11.4. The average Bonchev–Trinajstić information content (AvgIpc) is 2.29. The minimum Gasteiger partial charge on any atom is -0.398 e. The molecule has 0 amide bonds. The number of hydrogen-bond acceptors (Lipinski definition) is 6. The van der Waals surface area contributed by atoms with Crippen LogP contribution < -0.4 is 5.73 Å². The summed E-state index contributed by atoms with van der Waals surface area (Å²) in [6.07, 6.45) is 0. The van der Waals surface area contributed by atoms with Crippen LogP contribution in [-0.4, -0.2) is 15.0 Å². The number of nitrogens with zero attached hydrogens (tertiary/aromatic N) is 2. The Hall–Kier alpha value is -2.22. The number of aliphatic hydroxyl groups excluding tert-OH is 1. The lowest BCUT2D eigenvalue weighted by atomic mass is 9.81. The largest absolute Gasteiger partial charge is 0.398 e. The highest BCUT2D eigenvalue weighted by Crippen LogP contribution is 2.45. The van der Waals surface area contributed by atoms with Gasteiger partial charge in [0.25, 0.3) is 11.4 Å². The molecule has 8 nitrogen and oxygen atoms in total. The van der Waals surface area contributed by atoms with Gasteiger partial charge in [0, 0.05) is 5.41 Å². The molecule has 1 aromatic carbocycles. The van der Waals surface area contributed by atoms with Crippen molar-refractivity contribution in [1.29, 1.82) is 0 Å². The molecule has 110 valence electrons. The summed E-state index contributed by atoms with van der Waals surface area (Å²) >= 11 is 0. The number of benzene rings is 1. The van der Waals surface area contributed by atoms with E-state index in [1.807, 2.05) is 0 Å². The summed E-state index contributed by atoms with van der Waals surface area (Å²) in [7, 11) is 0. The lowest BCUT2D eigenvalue weighted by Gasteiger charge is -2.22. The maximum Gasteiger partial charge on any atom is 0.287 e. The summed E-state index contributed by atoms with van der Waals surface area (Å²) in [4.78, 5) is 21.2. The van der Waals surface area contributed by atoms with Gasteiger partial charge < -0.3 is 10.8 Å². The Morgan fingerprint density at radius 1 is 1.15 bits per heavy atom. The minimum atomic E-state index is -0.840. The Morgan fingerprint density at radius 3 is 1.90 bits per heavy atom. The quantitative estimate of drug-likeness (QED) is 0.496. The minimum absolute atomic E-state index is 0.0248. The molecule has 8 heteroatoms. The second kappa shape index (κ2) is 5.04. The molecule has 0 aliphatic rings. The number of nitro groups is 2. The highest BCUT2D eigenvalue weighted by atomic mass is 16.6. The van der Waals surface area contributed by atoms with Crippen LogP contribution >= 0.6 is 0 Å². The molecule has 0 spiro atoms. The number of nitrogen functional groups attached to an aromatic ring is 1. The van der Waals surface area contributed by atoms with E-state index in [9.17, 15) is 25.3 Å². The van der Waals surface area contributed by atoms with Gasteiger partial charge in [-0.25, -0.2) is 0 Å². The third-order valence-corrected chi connectivity index (χ3v) is 3.12. The van der Waals surface area contributed by atoms with Crippen molar-refractivity contribution >= 4 is 17.1 Å². The van der Waals surface area contributed by atoms with Crippen LogP contribution in [0.5, 0.6) is 0 Å². The number of nitrogens with two attached hydrogens (primary N) is 1. The molecule has 20 heavy (non-hydrogen) atoms. The Morgan fingerprint density at radius 2 is 1.60 bits per heavy atom. The smallest absolute Gasteiger partial charge is 0.287 e. The second-order valence-electron chi connectivity index (χ2n) is 5.51. The molecule has 0 radical (unpaired) electrons. The summed E-state index contributed by atoms with van der Waals surface area (Å²) < 4.78 is 0. The van der Waals surface area contributed by atoms with Gasteiger partial charge in [0.2, 0.25) is 0 Å². The van der Waals surface area contributed by atoms with E-state index in [-0.39, 0.29) is 28.1 Å². The zero-order chi connectivity index (χ0) is 15.8. The molecule has 0 saturated carbocycles. The molecular formula is C12H17N3O5. The molecule has 0 heterocycles. The van der Waals surface area contributed by atoms with E-state index in [4.69, 9.17) is 5.73 Å². The molecule has 0 atom stereocenters. The maximum absolute atomic E-state index is 11.3. The van der Waals surface area contributed by atoms with E-state index in [1.165, 1.54) is 6.92 Å². The van der Waals surface area contributed by atoms with Gasteiger partial charge in [0.15, 0.2) is 0 Å². The molecule has 1 aromatic rings. The molecule has 0 aliphatic carbocycles. The van der Waals surface area contributed by atoms with E-state index in [1.54, 1.807) is 20.8 Å². The van der Waals surface area contributed by atoms with E-state index in [0.29, 0.717) is 0 Å². The molecular weight excluding hydrogens is 266 g/mol. The van der Waals surface area contributed by atoms with Crippen molar-refractivity contribution < 1.29 is 15.0 Å². The van der Waals surface area contributed by atoms with Gasteiger partial charge in [0.1, 0.15) is 5.56 Å². The molecule has 0 saturated heterocycles. The van der Waals surface area contributed by atoms with Gasteiger partial charge in [-0.1, -0.05) is 20.8 Å². The number of nitro benzene ring substituents is 2. The van der Waals surface area contributed by atoms with Crippen LogP contribution in [-0.2, 0) is 12.0 Å². The molecule has 0 fully saturated rings. The first-order valence-corrected chi connectivity index (χ1v) is 5.89. The molecule has 3 N–H and O–H groups in total. The zero-order valence-corrected chi connectivity index (χ0v) is 11.8. The van der Waals surface area contributed by atoms with Crippen LogP contribution in [0.25, 0.3) is 0 Å². The number of rotatable bonds is 3. The van der Waals surface area contributed by atoms with Crippen molar-refractivity contribution in [2.75, 3.05) is 5.73 Å². The van der Waals surface area contributed by atoms with E-state index < -0.39 is 27.6 Å². The lowest BCUT2D eigenvalue weighted by molar-refractivity contribution is -0.397. The molecule has 0 unspecified atom stereocenters. The van der Waals surface area contributed by atoms with Gasteiger partial charge in [-0.3, -0.25) is 20.2 Å². The topological polar surface area (TPSA) is 133 Å². The van der Waals surface area contributed by atoms with Gasteiger partial charge >= 0.3 is 0 Å². The lowest BCUT2D eigenvalue weighted by Crippen LogP contribution is -2.20. The fraction of sp³-hybridized carbons (Fsp3) is 0.500. The Kier molecular flexibility index (Phi) is 3.99. The van der Waals surface area contributed by atoms with Crippen LogP contribution in [0.15, 0.2) is 0 Å². The standard InChI is InChI=1S/C12H17N3O5/c1-6-9(13)7(5-16)11(15(19)20)8(12(2,3)4)10(6)14(17)18/h16H,5,13H2,1-4H3. The molecule has 0 aromatic heterocycles. The van der Waals surface area contributed by atoms with Crippen molar-refractivity contribution in [2.24, 2.45) is 0 Å². The van der Waals surface area contributed by atoms with Crippen molar-refractivity contribution in [3.63, 3.8) is 0 Å². The number of hydrogen-bond donors (Lipinski definition) is 2. The zero-order valence-electron chi connectivity index (χ0n) is 11.8. The summed E-state index contributed by atoms with van der Waals surface area (Å²) in [6.45, 7) is 5.69. The van der Waals surface area contributed by atoms with Gasteiger partial charge in [-0.15, -0.1) is 0 Å². The predicted octanol–water partition coefficient (Wildman–Crippen LogP) is 2.18. The maximum atomic E-state index is 11.3. The fourth-order valence-corrected chi connectivity index (χ4v) is 2.23. The second-order valence-corrected chi connectivity index (χ2v) is 5.51. The van der Waals surface area contributed by atoms with E-state index >= 15 is 0 Å². The van der Waals surface area contributed by atoms with Gasteiger partial charge in [-0.05, 0) is 6.92 Å². The molecule has 0 aliphatic heterocycles. The Bertz CT molecular complexity index is 590. The first-order valence-electron chi connectivity index (χ1n) is 5.89. The van der Waals surface area contributed by atoms with Crippen LogP contribution in [0.4, 0.5) is 17.1 Å². The highest BCUT2D eigenvalue weighted by molar-refractivity contribution is 5.75. The highest BCUT2D eigenvalue weighted by Gasteiger charge is 2.39. The van der Waals surface area contributed by atoms with Crippen LogP contribution in [0.1, 0.15) is 37.5 Å². The summed E-state index contributed by atoms with van der Waals surface area (Å²) in [6, 6.07) is 0. The van der Waals surface area contributed by atoms with E-state index in [2.05, 4.69) is 0 Å². The van der Waals surface area contributed by atoms with Gasteiger partial charge in [0.05, 0.1) is 33.3 Å². The van der Waals surface area contributed by atoms with Crippen molar-refractivity contribution in [1.82, 2.24) is 0 Å². The predicted molar refractivity (Wildman–Crippen MR) is 73.5 cm³/mol. The SMILES string of the molecule is Cc1c(N)c(CO)c([N+](=O)[O-])c(C(C)(C)C)c1[N+](=O)[O-]. The third kappa shape index (κ3) is 2.42. The third-order valence-electron chi connectivity index (χ3n) is 3.12. The number of aliphatic hydroxyl groups is 1. The first-order chi connectivity index (χ1) is 9.03. The molecule has 0 bridgehead atoms. The first kappa shape index (κ1) is 15.8.